The highest BCUT2D eigenvalue weighted by molar-refractivity contribution is 5.79. The van der Waals surface area contributed by atoms with E-state index in [9.17, 15) is 14.0 Å². The van der Waals surface area contributed by atoms with Crippen LogP contribution in [0, 0.1) is 5.82 Å². The number of benzene rings is 2. The molecule has 0 saturated carbocycles. The molecule has 0 bridgehead atoms. The summed E-state index contributed by atoms with van der Waals surface area (Å²) in [7, 11) is 0. The predicted molar refractivity (Wildman–Crippen MR) is 101 cm³/mol. The van der Waals surface area contributed by atoms with Crippen molar-refractivity contribution in [1.29, 1.82) is 0 Å². The summed E-state index contributed by atoms with van der Waals surface area (Å²) < 4.78 is 13.7. The molecule has 2 unspecified atom stereocenters. The SMILES string of the molecule is CC(=O)NC(CC(=O)N1CCNCC1c1cccc(F)c1)c1ccccc1. The Kier molecular flexibility index (Phi) is 6.19. The molecule has 0 radical (unpaired) electrons. The van der Waals surface area contributed by atoms with Crippen LogP contribution >= 0.6 is 0 Å². The van der Waals surface area contributed by atoms with E-state index < -0.39 is 0 Å². The molecular formula is C21H24FN3O2. The second-order valence-electron chi connectivity index (χ2n) is 6.73. The largest absolute Gasteiger partial charge is 0.349 e. The minimum absolute atomic E-state index is 0.0617. The van der Waals surface area contributed by atoms with Gasteiger partial charge >= 0.3 is 0 Å². The highest BCUT2D eigenvalue weighted by atomic mass is 19.1. The lowest BCUT2D eigenvalue weighted by molar-refractivity contribution is -0.135. The summed E-state index contributed by atoms with van der Waals surface area (Å²) in [5.74, 6) is -0.558. The van der Waals surface area contributed by atoms with Crippen LogP contribution < -0.4 is 10.6 Å². The zero-order chi connectivity index (χ0) is 19.2. The first-order valence-electron chi connectivity index (χ1n) is 9.12. The number of hydrogen-bond donors (Lipinski definition) is 2. The summed E-state index contributed by atoms with van der Waals surface area (Å²) >= 11 is 0. The van der Waals surface area contributed by atoms with E-state index in [4.69, 9.17) is 0 Å². The van der Waals surface area contributed by atoms with Crippen molar-refractivity contribution in [3.63, 3.8) is 0 Å². The normalized spacial score (nSPS) is 18.0. The van der Waals surface area contributed by atoms with Gasteiger partial charge in [-0.05, 0) is 23.3 Å². The second-order valence-corrected chi connectivity index (χ2v) is 6.73. The zero-order valence-electron chi connectivity index (χ0n) is 15.3. The minimum Gasteiger partial charge on any atom is -0.349 e. The van der Waals surface area contributed by atoms with E-state index in [0.29, 0.717) is 19.6 Å². The molecule has 1 saturated heterocycles. The topological polar surface area (TPSA) is 61.4 Å². The summed E-state index contributed by atoms with van der Waals surface area (Å²) in [5, 5.41) is 6.14. The van der Waals surface area contributed by atoms with Gasteiger partial charge in [0.15, 0.2) is 0 Å². The van der Waals surface area contributed by atoms with Crippen molar-refractivity contribution in [2.75, 3.05) is 19.6 Å². The molecule has 2 amide bonds. The van der Waals surface area contributed by atoms with Gasteiger partial charge in [0.1, 0.15) is 5.82 Å². The van der Waals surface area contributed by atoms with Gasteiger partial charge in [0.25, 0.3) is 0 Å². The first-order valence-corrected chi connectivity index (χ1v) is 9.12. The predicted octanol–water partition coefficient (Wildman–Crippen LogP) is 2.57. The summed E-state index contributed by atoms with van der Waals surface area (Å²) in [6.45, 7) is 3.25. The van der Waals surface area contributed by atoms with E-state index in [1.165, 1.54) is 19.1 Å². The van der Waals surface area contributed by atoms with Crippen LogP contribution in [0.25, 0.3) is 0 Å². The molecule has 2 aromatic carbocycles. The van der Waals surface area contributed by atoms with Gasteiger partial charge < -0.3 is 15.5 Å². The van der Waals surface area contributed by atoms with Crippen LogP contribution in [0.5, 0.6) is 0 Å². The van der Waals surface area contributed by atoms with Gasteiger partial charge in [0, 0.05) is 26.6 Å². The van der Waals surface area contributed by atoms with Gasteiger partial charge in [0.2, 0.25) is 11.8 Å². The lowest BCUT2D eigenvalue weighted by Gasteiger charge is -2.37. The van der Waals surface area contributed by atoms with Crippen LogP contribution in [0.4, 0.5) is 4.39 Å². The average molecular weight is 369 g/mol. The molecule has 2 aromatic rings. The molecule has 0 aliphatic carbocycles. The number of carbonyl (C=O) groups is 2. The molecule has 0 spiro atoms. The van der Waals surface area contributed by atoms with E-state index in [0.717, 1.165) is 11.1 Å². The van der Waals surface area contributed by atoms with E-state index >= 15 is 0 Å². The van der Waals surface area contributed by atoms with Crippen LogP contribution in [0.1, 0.15) is 36.6 Å². The van der Waals surface area contributed by atoms with Gasteiger partial charge in [-0.2, -0.15) is 0 Å². The van der Waals surface area contributed by atoms with Crippen molar-refractivity contribution in [3.8, 4) is 0 Å². The standard InChI is InChI=1S/C21H24FN3O2/c1-15(26)24-19(16-6-3-2-4-7-16)13-21(27)25-11-10-23-14-20(25)17-8-5-9-18(22)12-17/h2-9,12,19-20,23H,10-11,13-14H2,1H3,(H,24,26). The number of nitrogens with zero attached hydrogens (tertiary/aromatic N) is 1. The number of nitrogens with one attached hydrogen (secondary N) is 2. The van der Waals surface area contributed by atoms with Crippen LogP contribution in [0.2, 0.25) is 0 Å². The van der Waals surface area contributed by atoms with Crippen LogP contribution in [-0.4, -0.2) is 36.3 Å². The van der Waals surface area contributed by atoms with Crippen LogP contribution in [0.15, 0.2) is 54.6 Å². The molecule has 1 aliphatic heterocycles. The fourth-order valence-electron chi connectivity index (χ4n) is 3.49. The minimum atomic E-state index is -0.390. The molecule has 2 atom stereocenters. The van der Waals surface area contributed by atoms with E-state index in [-0.39, 0.29) is 36.1 Å². The molecule has 5 nitrogen and oxygen atoms in total. The molecule has 3 rings (SSSR count). The molecular weight excluding hydrogens is 345 g/mol. The van der Waals surface area contributed by atoms with Crippen molar-refractivity contribution in [3.05, 3.63) is 71.5 Å². The molecule has 1 heterocycles. The van der Waals surface area contributed by atoms with Crippen LogP contribution in [0.3, 0.4) is 0 Å². The lowest BCUT2D eigenvalue weighted by atomic mass is 9.99. The third-order valence-corrected chi connectivity index (χ3v) is 4.76. The van der Waals surface area contributed by atoms with Crippen molar-refractivity contribution in [2.45, 2.75) is 25.4 Å². The van der Waals surface area contributed by atoms with Gasteiger partial charge in [0.05, 0.1) is 18.5 Å². The summed E-state index contributed by atoms with van der Waals surface area (Å²) in [6.07, 6.45) is 0.162. The molecule has 2 N–H and O–H groups in total. The zero-order valence-corrected chi connectivity index (χ0v) is 15.3. The van der Waals surface area contributed by atoms with E-state index in [1.54, 1.807) is 11.0 Å². The highest BCUT2D eigenvalue weighted by Crippen LogP contribution is 2.26. The Morgan fingerprint density at radius 2 is 2.00 bits per heavy atom. The Labute approximate surface area is 158 Å². The maximum atomic E-state index is 13.7. The summed E-state index contributed by atoms with van der Waals surface area (Å²) in [5.41, 5.74) is 1.66. The summed E-state index contributed by atoms with van der Waals surface area (Å²) in [6, 6.07) is 15.2. The Morgan fingerprint density at radius 3 is 2.70 bits per heavy atom. The quantitative estimate of drug-likeness (QED) is 0.852. The molecule has 1 aliphatic rings. The summed E-state index contributed by atoms with van der Waals surface area (Å²) in [4.78, 5) is 26.5. The molecule has 0 aromatic heterocycles. The number of halogens is 1. The van der Waals surface area contributed by atoms with E-state index in [1.807, 2.05) is 36.4 Å². The number of hydrogen-bond acceptors (Lipinski definition) is 3. The number of amides is 2. The third-order valence-electron chi connectivity index (χ3n) is 4.76. The highest BCUT2D eigenvalue weighted by Gasteiger charge is 2.30. The molecule has 1 fully saturated rings. The molecule has 27 heavy (non-hydrogen) atoms. The maximum absolute atomic E-state index is 13.7. The molecule has 142 valence electrons. The first kappa shape index (κ1) is 19.0. The fraction of sp³-hybridized carbons (Fsp3) is 0.333. The van der Waals surface area contributed by atoms with Crippen molar-refractivity contribution < 1.29 is 14.0 Å². The number of rotatable bonds is 5. The average Bonchev–Trinajstić information content (AvgIpc) is 2.68. The Bertz CT molecular complexity index is 797. The lowest BCUT2D eigenvalue weighted by Crippen LogP contribution is -2.49. The van der Waals surface area contributed by atoms with Crippen LogP contribution in [-0.2, 0) is 9.59 Å². The monoisotopic (exact) mass is 369 g/mol. The van der Waals surface area contributed by atoms with Gasteiger partial charge in [-0.3, -0.25) is 9.59 Å². The van der Waals surface area contributed by atoms with E-state index in [2.05, 4.69) is 10.6 Å². The number of piperazine rings is 1. The Hall–Kier alpha value is -2.73. The maximum Gasteiger partial charge on any atom is 0.225 e. The fourth-order valence-corrected chi connectivity index (χ4v) is 3.49. The smallest absolute Gasteiger partial charge is 0.225 e. The van der Waals surface area contributed by atoms with Crippen molar-refractivity contribution in [2.24, 2.45) is 0 Å². The first-order chi connectivity index (χ1) is 13.0. The van der Waals surface area contributed by atoms with Crippen molar-refractivity contribution >= 4 is 11.8 Å². The van der Waals surface area contributed by atoms with Gasteiger partial charge in [-0.25, -0.2) is 4.39 Å². The third kappa shape index (κ3) is 4.92. The Morgan fingerprint density at radius 1 is 1.22 bits per heavy atom. The second kappa shape index (κ2) is 8.77. The van der Waals surface area contributed by atoms with Crippen molar-refractivity contribution in [1.82, 2.24) is 15.5 Å². The van der Waals surface area contributed by atoms with Gasteiger partial charge in [-0.1, -0.05) is 42.5 Å². The Balaban J connectivity index is 1.79. The number of carbonyl (C=O) groups excluding carboxylic acids is 2. The molecule has 6 heteroatoms. The van der Waals surface area contributed by atoms with Gasteiger partial charge in [-0.15, -0.1) is 0 Å².